The van der Waals surface area contributed by atoms with Crippen molar-refractivity contribution >= 4 is 26.0 Å². The molecule has 0 aromatic heterocycles. The predicted octanol–water partition coefficient (Wildman–Crippen LogP) is 7.62. The van der Waals surface area contributed by atoms with Crippen LogP contribution in [0.25, 0.3) is 0 Å². The molecule has 10 nitrogen and oxygen atoms in total. The fourth-order valence-electron chi connectivity index (χ4n) is 4.62. The Labute approximate surface area is 280 Å². The van der Waals surface area contributed by atoms with Crippen molar-refractivity contribution in [2.75, 3.05) is 47.5 Å². The Bertz CT molecular complexity index is 844. The molecule has 1 unspecified atom stereocenters. The smallest absolute Gasteiger partial charge is 0.306 e. The normalized spacial score (nSPS) is 13.8. The molecule has 0 aromatic rings. The van der Waals surface area contributed by atoms with Gasteiger partial charge in [0.15, 0.2) is 6.10 Å². The van der Waals surface area contributed by atoms with Crippen LogP contribution >= 0.6 is 7.82 Å². The van der Waals surface area contributed by atoms with Crippen LogP contribution < -0.4 is 4.89 Å². The van der Waals surface area contributed by atoms with Gasteiger partial charge in [-0.05, 0) is 44.9 Å². The van der Waals surface area contributed by atoms with Gasteiger partial charge in [-0.15, -0.1) is 0 Å². The van der Waals surface area contributed by atoms with E-state index < -0.39 is 32.5 Å². The van der Waals surface area contributed by atoms with Crippen molar-refractivity contribution in [3.05, 3.63) is 12.2 Å². The number of carbonyl (C=O) groups excluding carboxylic acids is 3. The summed E-state index contributed by atoms with van der Waals surface area (Å²) in [5, 5.41) is 0. The Morgan fingerprint density at radius 1 is 0.696 bits per heavy atom. The van der Waals surface area contributed by atoms with E-state index in [-0.39, 0.29) is 26.1 Å². The zero-order chi connectivity index (χ0) is 34.4. The number of phosphoric ester groups is 1. The van der Waals surface area contributed by atoms with Gasteiger partial charge < -0.3 is 32.7 Å². The van der Waals surface area contributed by atoms with Crippen LogP contribution in [-0.4, -0.2) is 76.3 Å². The Balaban J connectivity index is 4.37. The number of allylic oxidation sites excluding steroid dienone is 2. The summed E-state index contributed by atoms with van der Waals surface area (Å²) in [7, 11) is 1.10. The number of ether oxygens (including phenoxy) is 2. The molecule has 270 valence electrons. The number of esters is 2. The number of aldehydes is 1. The molecule has 0 radical (unpaired) electrons. The number of hydrogen-bond acceptors (Lipinski definition) is 9. The second kappa shape index (κ2) is 29.6. The molecule has 0 spiro atoms. The lowest BCUT2D eigenvalue weighted by molar-refractivity contribution is -0.870. The molecule has 0 amide bonds. The van der Waals surface area contributed by atoms with Gasteiger partial charge in [0, 0.05) is 19.3 Å². The third-order valence-corrected chi connectivity index (χ3v) is 8.47. The molecule has 0 aliphatic heterocycles. The van der Waals surface area contributed by atoms with Crippen molar-refractivity contribution in [3.8, 4) is 0 Å². The van der Waals surface area contributed by atoms with E-state index in [9.17, 15) is 23.8 Å². The summed E-state index contributed by atoms with van der Waals surface area (Å²) in [4.78, 5) is 47.4. The summed E-state index contributed by atoms with van der Waals surface area (Å²) >= 11 is 0. The number of rotatable bonds is 33. The fourth-order valence-corrected chi connectivity index (χ4v) is 5.35. The van der Waals surface area contributed by atoms with Gasteiger partial charge in [-0.3, -0.25) is 14.2 Å². The molecule has 0 aliphatic carbocycles. The Morgan fingerprint density at radius 3 is 1.74 bits per heavy atom. The molecule has 0 bridgehead atoms. The number of carbonyl (C=O) groups is 3. The van der Waals surface area contributed by atoms with Gasteiger partial charge in [0.2, 0.25) is 0 Å². The first-order valence-corrected chi connectivity index (χ1v) is 19.3. The van der Waals surface area contributed by atoms with Gasteiger partial charge in [-0.2, -0.15) is 0 Å². The first kappa shape index (κ1) is 44.4. The molecular weight excluding hydrogens is 609 g/mol. The van der Waals surface area contributed by atoms with E-state index in [4.69, 9.17) is 18.5 Å². The van der Waals surface area contributed by atoms with Gasteiger partial charge in [0.1, 0.15) is 26.0 Å². The van der Waals surface area contributed by atoms with Crippen molar-refractivity contribution in [1.82, 2.24) is 0 Å². The van der Waals surface area contributed by atoms with Crippen LogP contribution in [0.4, 0.5) is 0 Å². The minimum absolute atomic E-state index is 0.0491. The maximum Gasteiger partial charge on any atom is 0.306 e. The zero-order valence-electron chi connectivity index (χ0n) is 29.6. The van der Waals surface area contributed by atoms with Gasteiger partial charge in [-0.25, -0.2) is 0 Å². The van der Waals surface area contributed by atoms with Crippen molar-refractivity contribution < 1.29 is 46.8 Å². The number of unbranched alkanes of at least 4 members (excludes halogenated alkanes) is 16. The number of nitrogens with zero attached hydrogens (tertiary/aromatic N) is 1. The van der Waals surface area contributed by atoms with E-state index in [1.807, 2.05) is 21.1 Å². The van der Waals surface area contributed by atoms with Gasteiger partial charge in [0.05, 0.1) is 27.7 Å². The van der Waals surface area contributed by atoms with E-state index in [0.29, 0.717) is 30.3 Å². The lowest BCUT2D eigenvalue weighted by Gasteiger charge is -2.28. The molecule has 0 saturated carbocycles. The highest BCUT2D eigenvalue weighted by Crippen LogP contribution is 2.38. The molecule has 0 aromatic carbocycles. The molecule has 0 heterocycles. The maximum atomic E-state index is 12.4. The van der Waals surface area contributed by atoms with Crippen molar-refractivity contribution in [2.45, 2.75) is 148 Å². The Hall–Kier alpha value is -1.58. The Morgan fingerprint density at radius 2 is 1.20 bits per heavy atom. The van der Waals surface area contributed by atoms with Gasteiger partial charge in [0.25, 0.3) is 7.82 Å². The standard InChI is InChI=1S/C35H66NO9P/c1-5-6-7-8-9-10-11-12-13-14-15-16-17-20-23-26-34(38)42-31-33(32-44-46(40,41)43-30-28-36(2,3)4)45-35(39)27-24-21-18-19-22-25-29-37/h12-13,29,33H,5-11,14-28,30-32H2,1-4H3/b13-12-/t33-/m1/s1. The molecule has 0 N–H and O–H groups in total. The van der Waals surface area contributed by atoms with Crippen LogP contribution in [0.5, 0.6) is 0 Å². The van der Waals surface area contributed by atoms with Crippen LogP contribution in [0.15, 0.2) is 12.2 Å². The van der Waals surface area contributed by atoms with Crippen LogP contribution in [0.2, 0.25) is 0 Å². The second-order valence-electron chi connectivity index (χ2n) is 13.2. The summed E-state index contributed by atoms with van der Waals surface area (Å²) < 4.78 is 33.4. The van der Waals surface area contributed by atoms with Crippen LogP contribution in [0.3, 0.4) is 0 Å². The first-order chi connectivity index (χ1) is 22.0. The highest BCUT2D eigenvalue weighted by atomic mass is 31.2. The molecule has 0 aliphatic rings. The molecule has 0 saturated heterocycles. The van der Waals surface area contributed by atoms with Crippen molar-refractivity contribution in [2.24, 2.45) is 0 Å². The molecule has 46 heavy (non-hydrogen) atoms. The number of phosphoric acid groups is 1. The second-order valence-corrected chi connectivity index (χ2v) is 14.6. The largest absolute Gasteiger partial charge is 0.756 e. The van der Waals surface area contributed by atoms with Gasteiger partial charge >= 0.3 is 11.9 Å². The highest BCUT2D eigenvalue weighted by molar-refractivity contribution is 7.45. The maximum absolute atomic E-state index is 12.4. The van der Waals surface area contributed by atoms with Crippen LogP contribution in [0.1, 0.15) is 142 Å². The van der Waals surface area contributed by atoms with E-state index in [1.165, 1.54) is 44.9 Å². The number of hydrogen-bond donors (Lipinski definition) is 0. The summed E-state index contributed by atoms with van der Waals surface area (Å²) in [6, 6.07) is 0. The molecule has 11 heteroatoms. The lowest BCUT2D eigenvalue weighted by atomic mass is 10.1. The molecule has 2 atom stereocenters. The topological polar surface area (TPSA) is 128 Å². The van der Waals surface area contributed by atoms with E-state index >= 15 is 0 Å². The lowest BCUT2D eigenvalue weighted by Crippen LogP contribution is -2.37. The highest BCUT2D eigenvalue weighted by Gasteiger charge is 2.21. The summed E-state index contributed by atoms with van der Waals surface area (Å²) in [6.45, 7) is 1.86. The van der Waals surface area contributed by atoms with Crippen molar-refractivity contribution in [1.29, 1.82) is 0 Å². The molecular formula is C35H66NO9P. The summed E-state index contributed by atoms with van der Waals surface area (Å²) in [5.41, 5.74) is 0. The third kappa shape index (κ3) is 32.4. The molecule has 0 rings (SSSR count). The van der Waals surface area contributed by atoms with E-state index in [1.54, 1.807) is 0 Å². The minimum atomic E-state index is -4.63. The molecule has 0 fully saturated rings. The summed E-state index contributed by atoms with van der Waals surface area (Å²) in [5.74, 6) is -0.931. The van der Waals surface area contributed by atoms with E-state index in [0.717, 1.165) is 64.1 Å². The summed E-state index contributed by atoms with van der Waals surface area (Å²) in [6.07, 6.45) is 24.6. The van der Waals surface area contributed by atoms with E-state index in [2.05, 4.69) is 19.1 Å². The average Bonchev–Trinajstić information content (AvgIpc) is 2.99. The minimum Gasteiger partial charge on any atom is -0.756 e. The van der Waals surface area contributed by atoms with Gasteiger partial charge in [-0.1, -0.05) is 89.7 Å². The van der Waals surface area contributed by atoms with Crippen molar-refractivity contribution in [3.63, 3.8) is 0 Å². The predicted molar refractivity (Wildman–Crippen MR) is 181 cm³/mol. The quantitative estimate of drug-likeness (QED) is 0.0172. The van der Waals surface area contributed by atoms with Crippen LogP contribution in [-0.2, 0) is 37.5 Å². The monoisotopic (exact) mass is 675 g/mol. The zero-order valence-corrected chi connectivity index (χ0v) is 30.5. The average molecular weight is 676 g/mol. The van der Waals surface area contributed by atoms with Crippen LogP contribution in [0, 0.1) is 0 Å². The number of quaternary nitrogens is 1. The fraction of sp³-hybridized carbons (Fsp3) is 0.857. The third-order valence-electron chi connectivity index (χ3n) is 7.50. The number of likely N-dealkylation sites (N-methyl/N-ethyl adjacent to an activating group) is 1. The Kier molecular flexibility index (Phi) is 28.5. The first-order valence-electron chi connectivity index (χ1n) is 17.8. The SMILES string of the molecule is CCCCCCCC/C=C\CCCCCCCC(=O)OC[C@H](COP(=O)([O-])OCC[N+](C)(C)C)OC(=O)CCCCCCCC=O.